The first-order chi connectivity index (χ1) is 12.2. The van der Waals surface area contributed by atoms with Gasteiger partial charge in [-0.15, -0.1) is 24.8 Å². The fraction of sp³-hybridized carbons (Fsp3) is 0.400. The molecule has 0 aliphatic carbocycles. The van der Waals surface area contributed by atoms with E-state index in [1.165, 1.54) is 5.56 Å². The van der Waals surface area contributed by atoms with Crippen molar-refractivity contribution in [3.63, 3.8) is 0 Å². The molecule has 2 aromatic carbocycles. The number of halogens is 3. The van der Waals surface area contributed by atoms with Crippen LogP contribution in [0.1, 0.15) is 24.5 Å². The van der Waals surface area contributed by atoms with Crippen LogP contribution in [0.15, 0.2) is 42.5 Å². The van der Waals surface area contributed by atoms with Crippen LogP contribution in [-0.2, 0) is 13.2 Å². The van der Waals surface area contributed by atoms with Gasteiger partial charge in [-0.1, -0.05) is 35.9 Å². The SMILES string of the molecule is CCOc1cc(CNCCCNC)ccc1OCc1ccccc1Cl.Cl.Cl. The molecule has 0 aliphatic rings. The summed E-state index contributed by atoms with van der Waals surface area (Å²) < 4.78 is 11.7. The molecule has 0 spiro atoms. The third-order valence-electron chi connectivity index (χ3n) is 3.76. The molecule has 0 saturated carbocycles. The standard InChI is InChI=1S/C20H27ClN2O2.2ClH/c1-3-24-20-13-16(14-23-12-6-11-22-2)9-10-19(20)25-15-17-7-4-5-8-18(17)21;;/h4-5,7-10,13,22-23H,3,6,11-12,14-15H2,1-2H3;2*1H. The van der Waals surface area contributed by atoms with Crippen molar-refractivity contribution in [2.45, 2.75) is 26.5 Å². The molecule has 0 aromatic heterocycles. The van der Waals surface area contributed by atoms with Crippen LogP contribution >= 0.6 is 36.4 Å². The number of ether oxygens (including phenoxy) is 2. The average Bonchev–Trinajstić information content (AvgIpc) is 2.62. The minimum absolute atomic E-state index is 0. The smallest absolute Gasteiger partial charge is 0.161 e. The van der Waals surface area contributed by atoms with Gasteiger partial charge in [0.2, 0.25) is 0 Å². The third kappa shape index (κ3) is 9.04. The normalized spacial score (nSPS) is 9.89. The Morgan fingerprint density at radius 2 is 1.74 bits per heavy atom. The lowest BCUT2D eigenvalue weighted by molar-refractivity contribution is 0.269. The molecule has 2 N–H and O–H groups in total. The Hall–Kier alpha value is -1.17. The van der Waals surface area contributed by atoms with E-state index in [1.807, 2.05) is 50.4 Å². The van der Waals surface area contributed by atoms with Gasteiger partial charge in [0.05, 0.1) is 6.61 Å². The number of hydrogen-bond donors (Lipinski definition) is 2. The summed E-state index contributed by atoms with van der Waals surface area (Å²) in [5, 5.41) is 7.29. The molecular weight excluding hydrogens is 407 g/mol. The van der Waals surface area contributed by atoms with Crippen molar-refractivity contribution in [3.8, 4) is 11.5 Å². The highest BCUT2D eigenvalue weighted by Gasteiger charge is 2.08. The van der Waals surface area contributed by atoms with E-state index >= 15 is 0 Å². The van der Waals surface area contributed by atoms with Gasteiger partial charge in [0.25, 0.3) is 0 Å². The van der Waals surface area contributed by atoms with Crippen LogP contribution in [0.5, 0.6) is 11.5 Å². The van der Waals surface area contributed by atoms with Gasteiger partial charge in [-0.05, 0) is 57.2 Å². The van der Waals surface area contributed by atoms with Crippen LogP contribution in [0.4, 0.5) is 0 Å². The molecule has 2 aromatic rings. The Morgan fingerprint density at radius 3 is 2.44 bits per heavy atom. The third-order valence-corrected chi connectivity index (χ3v) is 4.13. The summed E-state index contributed by atoms with van der Waals surface area (Å²) in [5.41, 5.74) is 2.14. The fourth-order valence-corrected chi connectivity index (χ4v) is 2.63. The van der Waals surface area contributed by atoms with E-state index in [0.717, 1.165) is 43.1 Å². The van der Waals surface area contributed by atoms with Gasteiger partial charge in [-0.2, -0.15) is 0 Å². The van der Waals surface area contributed by atoms with E-state index in [9.17, 15) is 0 Å². The van der Waals surface area contributed by atoms with Gasteiger partial charge < -0.3 is 20.1 Å². The van der Waals surface area contributed by atoms with Gasteiger partial charge in [0, 0.05) is 17.1 Å². The van der Waals surface area contributed by atoms with E-state index in [1.54, 1.807) is 0 Å². The number of benzene rings is 2. The number of rotatable bonds is 11. The van der Waals surface area contributed by atoms with Crippen molar-refractivity contribution >= 4 is 36.4 Å². The molecule has 152 valence electrons. The molecule has 0 aliphatic heterocycles. The molecule has 0 atom stereocenters. The van der Waals surface area contributed by atoms with Crippen LogP contribution in [-0.4, -0.2) is 26.7 Å². The Bertz CT molecular complexity index is 657. The minimum atomic E-state index is 0. The summed E-state index contributed by atoms with van der Waals surface area (Å²) in [5.74, 6) is 1.50. The van der Waals surface area contributed by atoms with Gasteiger partial charge in [0.1, 0.15) is 6.61 Å². The fourth-order valence-electron chi connectivity index (χ4n) is 2.44. The van der Waals surface area contributed by atoms with E-state index < -0.39 is 0 Å². The van der Waals surface area contributed by atoms with Crippen molar-refractivity contribution in [3.05, 3.63) is 58.6 Å². The minimum Gasteiger partial charge on any atom is -0.490 e. The second kappa shape index (κ2) is 14.8. The molecule has 2 rings (SSSR count). The maximum atomic E-state index is 6.19. The van der Waals surface area contributed by atoms with Crippen molar-refractivity contribution in [2.75, 3.05) is 26.7 Å². The molecule has 0 saturated heterocycles. The highest BCUT2D eigenvalue weighted by Crippen LogP contribution is 2.30. The van der Waals surface area contributed by atoms with Crippen molar-refractivity contribution in [1.29, 1.82) is 0 Å². The highest BCUT2D eigenvalue weighted by atomic mass is 35.5. The Morgan fingerprint density at radius 1 is 0.963 bits per heavy atom. The van der Waals surface area contributed by atoms with Gasteiger partial charge in [-0.25, -0.2) is 0 Å². The van der Waals surface area contributed by atoms with Gasteiger partial charge in [-0.3, -0.25) is 0 Å². The lowest BCUT2D eigenvalue weighted by atomic mass is 10.2. The first-order valence-corrected chi connectivity index (χ1v) is 9.09. The highest BCUT2D eigenvalue weighted by molar-refractivity contribution is 6.31. The Labute approximate surface area is 179 Å². The van der Waals surface area contributed by atoms with E-state index in [-0.39, 0.29) is 24.8 Å². The summed E-state index contributed by atoms with van der Waals surface area (Å²) in [6, 6.07) is 13.8. The summed E-state index contributed by atoms with van der Waals surface area (Å²) in [6.45, 7) is 5.81. The molecule has 0 unspecified atom stereocenters. The summed E-state index contributed by atoms with van der Waals surface area (Å²) in [4.78, 5) is 0. The maximum absolute atomic E-state index is 6.19. The van der Waals surface area contributed by atoms with Gasteiger partial charge >= 0.3 is 0 Å². The largest absolute Gasteiger partial charge is 0.490 e. The topological polar surface area (TPSA) is 42.5 Å². The molecule has 0 heterocycles. The second-order valence-corrected chi connectivity index (χ2v) is 6.14. The lowest BCUT2D eigenvalue weighted by Gasteiger charge is -2.14. The van der Waals surface area contributed by atoms with E-state index in [2.05, 4.69) is 16.7 Å². The molecular formula is C20H29Cl3N2O2. The second-order valence-electron chi connectivity index (χ2n) is 5.73. The van der Waals surface area contributed by atoms with Crippen LogP contribution < -0.4 is 20.1 Å². The van der Waals surface area contributed by atoms with Crippen molar-refractivity contribution in [1.82, 2.24) is 10.6 Å². The summed E-state index contributed by atoms with van der Waals surface area (Å²) in [6.07, 6.45) is 1.11. The van der Waals surface area contributed by atoms with Crippen molar-refractivity contribution in [2.24, 2.45) is 0 Å². The van der Waals surface area contributed by atoms with Crippen molar-refractivity contribution < 1.29 is 9.47 Å². The van der Waals surface area contributed by atoms with Crippen LogP contribution in [0.2, 0.25) is 5.02 Å². The zero-order chi connectivity index (χ0) is 17.9. The average molecular weight is 436 g/mol. The Kier molecular flexibility index (Phi) is 14.2. The van der Waals surface area contributed by atoms with Crippen LogP contribution in [0, 0.1) is 0 Å². The molecule has 0 amide bonds. The number of nitrogens with one attached hydrogen (secondary N) is 2. The zero-order valence-corrected chi connectivity index (χ0v) is 18.2. The lowest BCUT2D eigenvalue weighted by Crippen LogP contribution is -2.19. The monoisotopic (exact) mass is 434 g/mol. The predicted molar refractivity (Wildman–Crippen MR) is 118 cm³/mol. The predicted octanol–water partition coefficient (Wildman–Crippen LogP) is 4.86. The quantitative estimate of drug-likeness (QED) is 0.495. The van der Waals surface area contributed by atoms with Crippen LogP contribution in [0.25, 0.3) is 0 Å². The summed E-state index contributed by atoms with van der Waals surface area (Å²) >= 11 is 6.19. The first kappa shape index (κ1) is 25.8. The molecule has 0 fully saturated rings. The van der Waals surface area contributed by atoms with Gasteiger partial charge in [0.15, 0.2) is 11.5 Å². The van der Waals surface area contributed by atoms with Crippen LogP contribution in [0.3, 0.4) is 0 Å². The Balaban J connectivity index is 0.00000338. The molecule has 27 heavy (non-hydrogen) atoms. The zero-order valence-electron chi connectivity index (χ0n) is 15.8. The van der Waals surface area contributed by atoms with E-state index in [0.29, 0.717) is 18.2 Å². The first-order valence-electron chi connectivity index (χ1n) is 8.71. The molecule has 0 radical (unpaired) electrons. The molecule has 7 heteroatoms. The maximum Gasteiger partial charge on any atom is 0.161 e. The van der Waals surface area contributed by atoms with E-state index in [4.69, 9.17) is 21.1 Å². The molecule has 4 nitrogen and oxygen atoms in total. The summed E-state index contributed by atoms with van der Waals surface area (Å²) in [7, 11) is 1.97. The number of hydrogen-bond acceptors (Lipinski definition) is 4. The molecule has 0 bridgehead atoms.